The molecule has 0 bridgehead atoms. The summed E-state index contributed by atoms with van der Waals surface area (Å²) in [5.74, 6) is 1.02. The van der Waals surface area contributed by atoms with Gasteiger partial charge < -0.3 is 10.6 Å². The van der Waals surface area contributed by atoms with Gasteiger partial charge in [-0.15, -0.1) is 11.3 Å². The van der Waals surface area contributed by atoms with Crippen LogP contribution in [0.4, 0.5) is 0 Å². The molecule has 2 N–H and O–H groups in total. The van der Waals surface area contributed by atoms with E-state index in [4.69, 9.17) is 5.73 Å². The zero-order chi connectivity index (χ0) is 15.7. The molecule has 0 aromatic carbocycles. The Morgan fingerprint density at radius 1 is 1.32 bits per heavy atom. The van der Waals surface area contributed by atoms with Gasteiger partial charge >= 0.3 is 0 Å². The van der Waals surface area contributed by atoms with Gasteiger partial charge in [-0.3, -0.25) is 9.59 Å². The number of nitrogens with two attached hydrogens (primary N) is 1. The first-order valence-corrected chi connectivity index (χ1v) is 9.03. The van der Waals surface area contributed by atoms with E-state index in [2.05, 4.69) is 13.0 Å². The van der Waals surface area contributed by atoms with E-state index in [0.717, 1.165) is 49.6 Å². The minimum absolute atomic E-state index is 0.171. The van der Waals surface area contributed by atoms with Crippen LogP contribution < -0.4 is 5.73 Å². The Kier molecular flexibility index (Phi) is 4.52. The summed E-state index contributed by atoms with van der Waals surface area (Å²) >= 11 is 1.69. The summed E-state index contributed by atoms with van der Waals surface area (Å²) in [6, 6.07) is 2.12. The zero-order valence-electron chi connectivity index (χ0n) is 13.1. The number of amides is 2. The van der Waals surface area contributed by atoms with Crippen molar-refractivity contribution in [3.8, 4) is 0 Å². The maximum absolute atomic E-state index is 12.7. The fraction of sp³-hybridized carbons (Fsp3) is 0.647. The maximum Gasteiger partial charge on any atom is 0.263 e. The lowest BCUT2D eigenvalue weighted by Crippen LogP contribution is -2.39. The normalized spacial score (nSPS) is 22.4. The minimum atomic E-state index is -0.232. The Hall–Kier alpha value is -1.36. The van der Waals surface area contributed by atoms with Gasteiger partial charge in [0, 0.05) is 24.4 Å². The van der Waals surface area contributed by atoms with Crippen LogP contribution in [0.3, 0.4) is 0 Å². The number of rotatable bonds is 3. The summed E-state index contributed by atoms with van der Waals surface area (Å²) in [7, 11) is 0. The maximum atomic E-state index is 12.7. The molecule has 1 saturated heterocycles. The van der Waals surface area contributed by atoms with Crippen LogP contribution in [-0.2, 0) is 17.6 Å². The van der Waals surface area contributed by atoms with Gasteiger partial charge in [-0.25, -0.2) is 0 Å². The lowest BCUT2D eigenvalue weighted by Gasteiger charge is -2.31. The second kappa shape index (κ2) is 6.41. The molecule has 22 heavy (non-hydrogen) atoms. The highest BCUT2D eigenvalue weighted by Gasteiger charge is 2.27. The van der Waals surface area contributed by atoms with Crippen LogP contribution >= 0.6 is 11.3 Å². The third-order valence-electron chi connectivity index (χ3n) is 4.93. The van der Waals surface area contributed by atoms with Crippen LogP contribution in [0, 0.1) is 11.8 Å². The number of primary amides is 1. The summed E-state index contributed by atoms with van der Waals surface area (Å²) in [4.78, 5) is 27.9. The molecule has 1 aliphatic carbocycles. The van der Waals surface area contributed by atoms with E-state index < -0.39 is 0 Å². The largest absolute Gasteiger partial charge is 0.370 e. The smallest absolute Gasteiger partial charge is 0.263 e. The van der Waals surface area contributed by atoms with Crippen LogP contribution in [0.2, 0.25) is 0 Å². The predicted molar refractivity (Wildman–Crippen MR) is 87.9 cm³/mol. The van der Waals surface area contributed by atoms with E-state index in [-0.39, 0.29) is 11.8 Å². The van der Waals surface area contributed by atoms with Gasteiger partial charge in [0.25, 0.3) is 5.91 Å². The number of hydrogen-bond donors (Lipinski definition) is 1. The molecule has 1 aromatic heterocycles. The SMILES string of the molecule is C[C@@H]1CCc2sc(C(=O)N3CCC(CC(N)=O)CC3)cc2C1. The fourth-order valence-electron chi connectivity index (χ4n) is 3.59. The van der Waals surface area contributed by atoms with Crippen molar-refractivity contribution in [3.63, 3.8) is 0 Å². The lowest BCUT2D eigenvalue weighted by molar-refractivity contribution is -0.119. The van der Waals surface area contributed by atoms with Crippen LogP contribution in [0.25, 0.3) is 0 Å². The van der Waals surface area contributed by atoms with Crippen LogP contribution in [0.5, 0.6) is 0 Å². The van der Waals surface area contributed by atoms with E-state index in [0.29, 0.717) is 12.3 Å². The summed E-state index contributed by atoms with van der Waals surface area (Å²) in [6.07, 6.45) is 5.69. The van der Waals surface area contributed by atoms with Crippen LogP contribution in [0.1, 0.15) is 52.7 Å². The first kappa shape index (κ1) is 15.5. The van der Waals surface area contributed by atoms with Gasteiger partial charge in [-0.1, -0.05) is 6.92 Å². The summed E-state index contributed by atoms with van der Waals surface area (Å²) < 4.78 is 0. The summed E-state index contributed by atoms with van der Waals surface area (Å²) in [5, 5.41) is 0. The number of aryl methyl sites for hydroxylation is 1. The van der Waals surface area contributed by atoms with Gasteiger partial charge in [0.2, 0.25) is 5.91 Å². The number of hydrogen-bond acceptors (Lipinski definition) is 3. The minimum Gasteiger partial charge on any atom is -0.370 e. The molecular formula is C17H24N2O2S. The molecular weight excluding hydrogens is 296 g/mol. The van der Waals surface area contributed by atoms with Crippen LogP contribution in [-0.4, -0.2) is 29.8 Å². The number of carbonyl (C=O) groups excluding carboxylic acids is 2. The number of carbonyl (C=O) groups is 2. The van der Waals surface area contributed by atoms with Crippen molar-refractivity contribution >= 4 is 23.2 Å². The molecule has 4 nitrogen and oxygen atoms in total. The van der Waals surface area contributed by atoms with Crippen molar-refractivity contribution in [2.45, 2.75) is 45.4 Å². The quantitative estimate of drug-likeness (QED) is 0.930. The average molecular weight is 320 g/mol. The fourth-order valence-corrected chi connectivity index (χ4v) is 4.77. The lowest BCUT2D eigenvalue weighted by atomic mass is 9.90. The molecule has 0 spiro atoms. The highest BCUT2D eigenvalue weighted by Crippen LogP contribution is 2.33. The third kappa shape index (κ3) is 3.35. The number of thiophene rings is 1. The molecule has 0 unspecified atom stereocenters. The Labute approximate surface area is 135 Å². The molecule has 1 fully saturated rings. The third-order valence-corrected chi connectivity index (χ3v) is 6.16. The molecule has 0 radical (unpaired) electrons. The Bertz CT molecular complexity index is 573. The van der Waals surface area contributed by atoms with E-state index in [1.54, 1.807) is 11.3 Å². The molecule has 1 aromatic rings. The van der Waals surface area contributed by atoms with Crippen molar-refractivity contribution in [2.75, 3.05) is 13.1 Å². The standard InChI is InChI=1S/C17H24N2O2S/c1-11-2-3-14-13(8-11)10-15(22-14)17(21)19-6-4-12(5-7-19)9-16(18)20/h10-12H,2-9H2,1H3,(H2,18,20)/t11-/m1/s1. The van der Waals surface area contributed by atoms with Crippen molar-refractivity contribution in [3.05, 3.63) is 21.4 Å². The number of nitrogens with zero attached hydrogens (tertiary/aromatic N) is 1. The molecule has 1 atom stereocenters. The monoisotopic (exact) mass is 320 g/mol. The summed E-state index contributed by atoms with van der Waals surface area (Å²) in [6.45, 7) is 3.77. The van der Waals surface area contributed by atoms with E-state index >= 15 is 0 Å². The topological polar surface area (TPSA) is 63.4 Å². The highest BCUT2D eigenvalue weighted by atomic mass is 32.1. The van der Waals surface area contributed by atoms with Crippen molar-refractivity contribution in [2.24, 2.45) is 17.6 Å². The second-order valence-electron chi connectivity index (χ2n) is 6.81. The molecule has 2 amide bonds. The van der Waals surface area contributed by atoms with Crippen molar-refractivity contribution < 1.29 is 9.59 Å². The highest BCUT2D eigenvalue weighted by molar-refractivity contribution is 7.14. The van der Waals surface area contributed by atoms with Gasteiger partial charge in [0.1, 0.15) is 0 Å². The first-order chi connectivity index (χ1) is 10.5. The molecule has 120 valence electrons. The number of fused-ring (bicyclic) bond motifs is 1. The van der Waals surface area contributed by atoms with Gasteiger partial charge in [-0.2, -0.15) is 0 Å². The zero-order valence-corrected chi connectivity index (χ0v) is 14.0. The molecule has 2 aliphatic rings. The Morgan fingerprint density at radius 3 is 2.73 bits per heavy atom. The molecule has 1 aliphatic heterocycles. The van der Waals surface area contributed by atoms with Gasteiger partial charge in [0.05, 0.1) is 4.88 Å². The van der Waals surface area contributed by atoms with E-state index in [1.165, 1.54) is 16.9 Å². The molecule has 3 rings (SSSR count). The molecule has 5 heteroatoms. The predicted octanol–water partition coefficient (Wildman–Crippen LogP) is 2.60. The van der Waals surface area contributed by atoms with Gasteiger partial charge in [-0.05, 0) is 55.6 Å². The average Bonchev–Trinajstić information content (AvgIpc) is 2.89. The Balaban J connectivity index is 1.62. The Morgan fingerprint density at radius 2 is 2.05 bits per heavy atom. The number of piperidine rings is 1. The molecule has 2 heterocycles. The summed E-state index contributed by atoms with van der Waals surface area (Å²) in [5.41, 5.74) is 6.64. The van der Waals surface area contributed by atoms with Crippen molar-refractivity contribution in [1.29, 1.82) is 0 Å². The molecule has 0 saturated carbocycles. The van der Waals surface area contributed by atoms with E-state index in [1.807, 2.05) is 4.90 Å². The first-order valence-electron chi connectivity index (χ1n) is 8.22. The number of likely N-dealkylation sites (tertiary alicyclic amines) is 1. The second-order valence-corrected chi connectivity index (χ2v) is 7.95. The van der Waals surface area contributed by atoms with Crippen molar-refractivity contribution in [1.82, 2.24) is 4.90 Å². The van der Waals surface area contributed by atoms with E-state index in [9.17, 15) is 9.59 Å². The van der Waals surface area contributed by atoms with Gasteiger partial charge in [0.15, 0.2) is 0 Å². The van der Waals surface area contributed by atoms with Crippen LogP contribution in [0.15, 0.2) is 6.07 Å².